The van der Waals surface area contributed by atoms with Crippen molar-refractivity contribution in [1.29, 1.82) is 0 Å². The van der Waals surface area contributed by atoms with Crippen molar-refractivity contribution in [2.75, 3.05) is 0 Å². The zero-order valence-electron chi connectivity index (χ0n) is 11.1. The summed E-state index contributed by atoms with van der Waals surface area (Å²) >= 11 is 0. The van der Waals surface area contributed by atoms with Gasteiger partial charge in [-0.1, -0.05) is 25.7 Å². The molecular weight excluding hydrogens is 243 g/mol. The lowest BCUT2D eigenvalue weighted by Crippen LogP contribution is -2.32. The van der Waals surface area contributed by atoms with Crippen LogP contribution in [0.15, 0.2) is 18.2 Å². The lowest BCUT2D eigenvalue weighted by atomic mass is 9.87. The molecule has 2 nitrogen and oxygen atoms in total. The van der Waals surface area contributed by atoms with Gasteiger partial charge >= 0.3 is 0 Å². The molecule has 1 heterocycles. The number of hydrogen-bond donors (Lipinski definition) is 1. The Labute approximate surface area is 113 Å². The molecule has 0 spiro atoms. The third-order valence-electron chi connectivity index (χ3n) is 4.49. The van der Waals surface area contributed by atoms with Gasteiger partial charge in [-0.3, -0.25) is 0 Å². The lowest BCUT2D eigenvalue weighted by molar-refractivity contribution is 0.0294. The Balaban J connectivity index is 1.78. The van der Waals surface area contributed by atoms with E-state index in [2.05, 4.69) is 0 Å². The fourth-order valence-corrected chi connectivity index (χ4v) is 3.42. The quantitative estimate of drug-likeness (QED) is 0.777. The van der Waals surface area contributed by atoms with Crippen molar-refractivity contribution in [2.24, 2.45) is 5.92 Å². The number of hydrogen-bond acceptors (Lipinski definition) is 2. The van der Waals surface area contributed by atoms with Crippen LogP contribution in [0.3, 0.4) is 0 Å². The maximum Gasteiger partial charge on any atom is 0.125 e. The van der Waals surface area contributed by atoms with E-state index in [0.717, 1.165) is 0 Å². The van der Waals surface area contributed by atoms with E-state index in [0.29, 0.717) is 23.7 Å². The Hall–Kier alpha value is -1.09. The molecule has 2 atom stereocenters. The Bertz CT molecular complexity index is 438. The summed E-state index contributed by atoms with van der Waals surface area (Å²) in [6, 6.07) is 4.45. The zero-order valence-corrected chi connectivity index (χ0v) is 11.1. The molecular formula is C16H21FO2. The highest BCUT2D eigenvalue weighted by Gasteiger charge is 2.32. The summed E-state index contributed by atoms with van der Waals surface area (Å²) in [6.07, 6.45) is 7.62. The van der Waals surface area contributed by atoms with Crippen molar-refractivity contribution in [3.63, 3.8) is 0 Å². The van der Waals surface area contributed by atoms with Gasteiger partial charge in [0.05, 0.1) is 6.10 Å². The molecule has 0 radical (unpaired) electrons. The van der Waals surface area contributed by atoms with Gasteiger partial charge in [0, 0.05) is 12.0 Å². The van der Waals surface area contributed by atoms with E-state index in [1.165, 1.54) is 50.7 Å². The Kier molecular flexibility index (Phi) is 3.74. The average Bonchev–Trinajstić information content (AvgIpc) is 2.68. The Morgan fingerprint density at radius 2 is 1.84 bits per heavy atom. The third-order valence-corrected chi connectivity index (χ3v) is 4.49. The largest absolute Gasteiger partial charge is 0.490 e. The van der Waals surface area contributed by atoms with Gasteiger partial charge in [0.15, 0.2) is 0 Å². The van der Waals surface area contributed by atoms with Crippen LogP contribution in [0.5, 0.6) is 5.75 Å². The van der Waals surface area contributed by atoms with Gasteiger partial charge < -0.3 is 9.84 Å². The number of benzene rings is 1. The van der Waals surface area contributed by atoms with E-state index in [1.54, 1.807) is 6.07 Å². The third kappa shape index (κ3) is 2.76. The molecule has 3 heteroatoms. The Morgan fingerprint density at radius 1 is 1.11 bits per heavy atom. The standard InChI is InChI=1S/C16H21FO2/c17-12-7-8-15-13(9-12)14(18)10-16(19-15)11-5-3-1-2-4-6-11/h7-9,11,14,16,18H,1-6,10H2. The van der Waals surface area contributed by atoms with Crippen LogP contribution in [0.2, 0.25) is 0 Å². The number of aliphatic hydroxyl groups excluding tert-OH is 1. The molecule has 19 heavy (non-hydrogen) atoms. The summed E-state index contributed by atoms with van der Waals surface area (Å²) < 4.78 is 19.2. The topological polar surface area (TPSA) is 29.5 Å². The van der Waals surface area contributed by atoms with Crippen molar-refractivity contribution in [1.82, 2.24) is 0 Å². The maximum atomic E-state index is 13.2. The first kappa shape index (κ1) is 12.9. The fourth-order valence-electron chi connectivity index (χ4n) is 3.42. The first-order chi connectivity index (χ1) is 9.24. The summed E-state index contributed by atoms with van der Waals surface area (Å²) in [5.41, 5.74) is 0.602. The summed E-state index contributed by atoms with van der Waals surface area (Å²) in [7, 11) is 0. The first-order valence-corrected chi connectivity index (χ1v) is 7.38. The van der Waals surface area contributed by atoms with E-state index in [4.69, 9.17) is 4.74 Å². The van der Waals surface area contributed by atoms with Crippen molar-refractivity contribution in [2.45, 2.75) is 57.2 Å². The monoisotopic (exact) mass is 264 g/mol. The SMILES string of the molecule is OC1CC(C2CCCCCC2)Oc2ccc(F)cc21. The van der Waals surface area contributed by atoms with Crippen LogP contribution < -0.4 is 4.74 Å². The van der Waals surface area contributed by atoms with E-state index in [-0.39, 0.29) is 11.9 Å². The number of ether oxygens (including phenoxy) is 1. The maximum absolute atomic E-state index is 13.2. The fraction of sp³-hybridized carbons (Fsp3) is 0.625. The summed E-state index contributed by atoms with van der Waals surface area (Å²) in [5, 5.41) is 10.2. The molecule has 1 aliphatic heterocycles. The van der Waals surface area contributed by atoms with Gasteiger partial charge in [0.25, 0.3) is 0 Å². The second-order valence-electron chi connectivity index (χ2n) is 5.84. The van der Waals surface area contributed by atoms with Crippen molar-refractivity contribution >= 4 is 0 Å². The molecule has 104 valence electrons. The second kappa shape index (κ2) is 5.49. The van der Waals surface area contributed by atoms with E-state index in [1.807, 2.05) is 0 Å². The molecule has 0 bridgehead atoms. The van der Waals surface area contributed by atoms with Crippen molar-refractivity contribution < 1.29 is 14.2 Å². The molecule has 1 aromatic carbocycles. The minimum Gasteiger partial charge on any atom is -0.490 e. The minimum absolute atomic E-state index is 0.0889. The van der Waals surface area contributed by atoms with Crippen LogP contribution in [-0.2, 0) is 0 Å². The highest BCUT2D eigenvalue weighted by Crippen LogP contribution is 2.40. The van der Waals surface area contributed by atoms with Crippen LogP contribution in [0.1, 0.15) is 56.6 Å². The normalized spacial score (nSPS) is 28.3. The van der Waals surface area contributed by atoms with Gasteiger partial charge in [0.2, 0.25) is 0 Å². The summed E-state index contributed by atoms with van der Waals surface area (Å²) in [6.45, 7) is 0. The van der Waals surface area contributed by atoms with Crippen LogP contribution >= 0.6 is 0 Å². The van der Waals surface area contributed by atoms with Gasteiger partial charge in [-0.05, 0) is 37.0 Å². The second-order valence-corrected chi connectivity index (χ2v) is 5.84. The molecule has 2 unspecified atom stereocenters. The first-order valence-electron chi connectivity index (χ1n) is 7.38. The molecule has 0 saturated heterocycles. The van der Waals surface area contributed by atoms with Crippen LogP contribution in [0.25, 0.3) is 0 Å². The van der Waals surface area contributed by atoms with Crippen LogP contribution in [0.4, 0.5) is 4.39 Å². The molecule has 1 fully saturated rings. The number of halogens is 1. The van der Waals surface area contributed by atoms with E-state index < -0.39 is 6.10 Å². The Morgan fingerprint density at radius 3 is 2.58 bits per heavy atom. The van der Waals surface area contributed by atoms with Crippen LogP contribution in [-0.4, -0.2) is 11.2 Å². The van der Waals surface area contributed by atoms with Crippen molar-refractivity contribution in [3.05, 3.63) is 29.6 Å². The van der Waals surface area contributed by atoms with Gasteiger partial charge in [0.1, 0.15) is 17.7 Å². The lowest BCUT2D eigenvalue weighted by Gasteiger charge is -2.34. The summed E-state index contributed by atoms with van der Waals surface area (Å²) in [5.74, 6) is 0.888. The molecule has 3 rings (SSSR count). The number of aliphatic hydroxyl groups is 1. The number of fused-ring (bicyclic) bond motifs is 1. The summed E-state index contributed by atoms with van der Waals surface area (Å²) in [4.78, 5) is 0. The van der Waals surface area contributed by atoms with Gasteiger partial charge in [-0.25, -0.2) is 4.39 Å². The van der Waals surface area contributed by atoms with Crippen molar-refractivity contribution in [3.8, 4) is 5.75 Å². The predicted octanol–water partition coefficient (Wildman–Crippen LogP) is 3.98. The minimum atomic E-state index is -0.590. The highest BCUT2D eigenvalue weighted by molar-refractivity contribution is 5.37. The molecule has 2 aliphatic rings. The smallest absolute Gasteiger partial charge is 0.125 e. The highest BCUT2D eigenvalue weighted by atomic mass is 19.1. The van der Waals surface area contributed by atoms with E-state index in [9.17, 15) is 9.50 Å². The predicted molar refractivity (Wildman–Crippen MR) is 71.6 cm³/mol. The molecule has 1 aromatic rings. The molecule has 0 aromatic heterocycles. The molecule has 1 aliphatic carbocycles. The van der Waals surface area contributed by atoms with Gasteiger partial charge in [-0.15, -0.1) is 0 Å². The molecule has 1 saturated carbocycles. The van der Waals surface area contributed by atoms with Crippen LogP contribution in [0, 0.1) is 11.7 Å². The average molecular weight is 264 g/mol. The molecule has 1 N–H and O–H groups in total. The number of rotatable bonds is 1. The van der Waals surface area contributed by atoms with E-state index >= 15 is 0 Å². The zero-order chi connectivity index (χ0) is 13.2. The van der Waals surface area contributed by atoms with Gasteiger partial charge in [-0.2, -0.15) is 0 Å². The molecule has 0 amide bonds.